The third kappa shape index (κ3) is 2.34. The fourth-order valence-corrected chi connectivity index (χ4v) is 1.63. The summed E-state index contributed by atoms with van der Waals surface area (Å²) in [5.41, 5.74) is 5.51. The van der Waals surface area contributed by atoms with Gasteiger partial charge in [-0.05, 0) is 26.3 Å². The van der Waals surface area contributed by atoms with Crippen molar-refractivity contribution < 1.29 is 0 Å². The summed E-state index contributed by atoms with van der Waals surface area (Å²) in [6, 6.07) is 0. The first-order chi connectivity index (χ1) is 8.93. The van der Waals surface area contributed by atoms with Crippen molar-refractivity contribution in [3.8, 4) is 5.95 Å². The number of hydrogen-bond acceptors (Lipinski definition) is 7. The zero-order valence-electron chi connectivity index (χ0n) is 11.8. The van der Waals surface area contributed by atoms with Crippen molar-refractivity contribution in [3.63, 3.8) is 0 Å². The second-order valence-corrected chi connectivity index (χ2v) is 4.51. The number of nitrogens with one attached hydrogen (secondary N) is 1. The molecule has 2 heterocycles. The zero-order valence-corrected chi connectivity index (χ0v) is 11.8. The van der Waals surface area contributed by atoms with Crippen molar-refractivity contribution in [2.75, 3.05) is 24.4 Å². The molecule has 0 aromatic carbocycles. The SMILES string of the molecule is Cc1nn(-c2nc(NN)nc(N(C)C)n2)c(C)c1C. The molecule has 0 aliphatic carbocycles. The van der Waals surface area contributed by atoms with Crippen LogP contribution in [0.4, 0.5) is 11.9 Å². The molecule has 19 heavy (non-hydrogen) atoms. The van der Waals surface area contributed by atoms with Crippen LogP contribution >= 0.6 is 0 Å². The number of hydrogen-bond donors (Lipinski definition) is 2. The Morgan fingerprint density at radius 3 is 2.26 bits per heavy atom. The maximum Gasteiger partial charge on any atom is 0.257 e. The monoisotopic (exact) mass is 262 g/mol. The molecule has 0 aliphatic heterocycles. The number of nitrogens with zero attached hydrogens (tertiary/aromatic N) is 6. The first-order valence-corrected chi connectivity index (χ1v) is 5.87. The summed E-state index contributed by atoms with van der Waals surface area (Å²) in [5, 5.41) is 4.43. The Balaban J connectivity index is 2.61. The third-order valence-corrected chi connectivity index (χ3v) is 2.98. The lowest BCUT2D eigenvalue weighted by atomic mass is 10.2. The summed E-state index contributed by atoms with van der Waals surface area (Å²) >= 11 is 0. The Labute approximate surface area is 111 Å². The van der Waals surface area contributed by atoms with Gasteiger partial charge in [-0.3, -0.25) is 5.43 Å². The maximum atomic E-state index is 5.39. The van der Waals surface area contributed by atoms with Crippen molar-refractivity contribution >= 4 is 11.9 Å². The van der Waals surface area contributed by atoms with Crippen molar-refractivity contribution in [2.45, 2.75) is 20.8 Å². The van der Waals surface area contributed by atoms with Crippen LogP contribution < -0.4 is 16.2 Å². The standard InChI is InChI=1S/C11H18N8/c1-6-7(2)17-19(8(6)3)11-14-9(16-12)13-10(15-11)18(4)5/h12H2,1-5H3,(H,13,14,15,16). The number of nitrogen functional groups attached to an aromatic ring is 1. The highest BCUT2D eigenvalue weighted by molar-refractivity contribution is 5.39. The molecule has 102 valence electrons. The smallest absolute Gasteiger partial charge is 0.257 e. The summed E-state index contributed by atoms with van der Waals surface area (Å²) in [6.45, 7) is 5.95. The highest BCUT2D eigenvalue weighted by Crippen LogP contribution is 2.16. The molecular weight excluding hydrogens is 244 g/mol. The van der Waals surface area contributed by atoms with Gasteiger partial charge in [0.2, 0.25) is 11.9 Å². The Morgan fingerprint density at radius 1 is 1.11 bits per heavy atom. The minimum Gasteiger partial charge on any atom is -0.347 e. The second-order valence-electron chi connectivity index (χ2n) is 4.51. The van der Waals surface area contributed by atoms with Crippen LogP contribution in [0.2, 0.25) is 0 Å². The molecule has 0 amide bonds. The summed E-state index contributed by atoms with van der Waals surface area (Å²) < 4.78 is 1.69. The molecule has 0 atom stereocenters. The highest BCUT2D eigenvalue weighted by atomic mass is 15.4. The van der Waals surface area contributed by atoms with Crippen LogP contribution in [0, 0.1) is 20.8 Å². The average molecular weight is 262 g/mol. The van der Waals surface area contributed by atoms with Gasteiger partial charge in [0.05, 0.1) is 5.69 Å². The molecule has 0 fully saturated rings. The molecule has 0 aliphatic rings. The van der Waals surface area contributed by atoms with Crippen LogP contribution in [0.15, 0.2) is 0 Å². The summed E-state index contributed by atoms with van der Waals surface area (Å²) in [5.74, 6) is 6.65. The molecule has 2 aromatic heterocycles. The third-order valence-electron chi connectivity index (χ3n) is 2.98. The molecule has 0 saturated carbocycles. The van der Waals surface area contributed by atoms with Gasteiger partial charge in [-0.1, -0.05) is 0 Å². The minimum atomic E-state index is 0.305. The highest BCUT2D eigenvalue weighted by Gasteiger charge is 2.14. The fraction of sp³-hybridized carbons (Fsp3) is 0.455. The second kappa shape index (κ2) is 4.81. The number of aryl methyl sites for hydroxylation is 1. The van der Waals surface area contributed by atoms with Gasteiger partial charge in [0.25, 0.3) is 5.95 Å². The van der Waals surface area contributed by atoms with E-state index in [0.717, 1.165) is 17.0 Å². The normalized spacial score (nSPS) is 10.6. The van der Waals surface area contributed by atoms with Crippen molar-refractivity contribution in [1.29, 1.82) is 0 Å². The number of rotatable bonds is 3. The van der Waals surface area contributed by atoms with E-state index in [2.05, 4.69) is 25.5 Å². The van der Waals surface area contributed by atoms with E-state index < -0.39 is 0 Å². The van der Waals surface area contributed by atoms with E-state index in [-0.39, 0.29) is 0 Å². The number of anilines is 2. The Bertz CT molecular complexity index is 601. The molecule has 0 unspecified atom stereocenters. The largest absolute Gasteiger partial charge is 0.347 e. The molecule has 2 aromatic rings. The molecule has 8 heteroatoms. The van der Waals surface area contributed by atoms with Gasteiger partial charge in [0.15, 0.2) is 0 Å². The van der Waals surface area contributed by atoms with Crippen molar-refractivity contribution in [1.82, 2.24) is 24.7 Å². The maximum absolute atomic E-state index is 5.39. The molecule has 0 radical (unpaired) electrons. The molecule has 2 rings (SSSR count). The van der Waals surface area contributed by atoms with Gasteiger partial charge in [-0.15, -0.1) is 0 Å². The lowest BCUT2D eigenvalue weighted by molar-refractivity contribution is 0.760. The first kappa shape index (κ1) is 13.2. The van der Waals surface area contributed by atoms with E-state index in [4.69, 9.17) is 5.84 Å². The van der Waals surface area contributed by atoms with Crippen molar-refractivity contribution in [3.05, 3.63) is 17.0 Å². The van der Waals surface area contributed by atoms with Crippen LogP contribution in [0.25, 0.3) is 5.95 Å². The fourth-order valence-electron chi connectivity index (χ4n) is 1.63. The Morgan fingerprint density at radius 2 is 1.79 bits per heavy atom. The van der Waals surface area contributed by atoms with E-state index in [1.54, 1.807) is 9.58 Å². The van der Waals surface area contributed by atoms with Crippen LogP contribution in [-0.2, 0) is 0 Å². The summed E-state index contributed by atoms with van der Waals surface area (Å²) in [7, 11) is 3.71. The number of nitrogens with two attached hydrogens (primary N) is 1. The lowest BCUT2D eigenvalue weighted by Crippen LogP contribution is -2.20. The number of hydrazine groups is 1. The minimum absolute atomic E-state index is 0.305. The van der Waals surface area contributed by atoms with E-state index in [9.17, 15) is 0 Å². The van der Waals surface area contributed by atoms with E-state index in [0.29, 0.717) is 17.8 Å². The van der Waals surface area contributed by atoms with Crippen LogP contribution in [0.3, 0.4) is 0 Å². The van der Waals surface area contributed by atoms with E-state index >= 15 is 0 Å². The van der Waals surface area contributed by atoms with Crippen LogP contribution in [-0.4, -0.2) is 38.8 Å². The van der Waals surface area contributed by atoms with Gasteiger partial charge in [-0.2, -0.15) is 20.1 Å². The molecule has 8 nitrogen and oxygen atoms in total. The number of aromatic nitrogens is 5. The average Bonchev–Trinajstić information content (AvgIpc) is 2.66. The zero-order chi connectivity index (χ0) is 14.2. The van der Waals surface area contributed by atoms with Gasteiger partial charge in [0, 0.05) is 19.8 Å². The quantitative estimate of drug-likeness (QED) is 0.607. The molecule has 3 N–H and O–H groups in total. The summed E-state index contributed by atoms with van der Waals surface area (Å²) in [4.78, 5) is 14.6. The Hall–Kier alpha value is -2.22. The van der Waals surface area contributed by atoms with Crippen molar-refractivity contribution in [2.24, 2.45) is 5.84 Å². The van der Waals surface area contributed by atoms with Crippen LogP contribution in [0.1, 0.15) is 17.0 Å². The topological polar surface area (TPSA) is 97.8 Å². The Kier molecular flexibility index (Phi) is 3.34. The van der Waals surface area contributed by atoms with Crippen LogP contribution in [0.5, 0.6) is 0 Å². The van der Waals surface area contributed by atoms with Gasteiger partial charge in [0.1, 0.15) is 0 Å². The predicted octanol–water partition coefficient (Wildman–Crippen LogP) is 0.334. The van der Waals surface area contributed by atoms with E-state index in [1.807, 2.05) is 34.9 Å². The molecule has 0 saturated heterocycles. The molecular formula is C11H18N8. The first-order valence-electron chi connectivity index (χ1n) is 5.87. The van der Waals surface area contributed by atoms with Gasteiger partial charge in [-0.25, -0.2) is 10.5 Å². The molecule has 0 bridgehead atoms. The molecule has 0 spiro atoms. The predicted molar refractivity (Wildman–Crippen MR) is 73.3 cm³/mol. The van der Waals surface area contributed by atoms with Gasteiger partial charge < -0.3 is 4.90 Å². The van der Waals surface area contributed by atoms with Gasteiger partial charge >= 0.3 is 0 Å². The summed E-state index contributed by atoms with van der Waals surface area (Å²) in [6.07, 6.45) is 0. The lowest BCUT2D eigenvalue weighted by Gasteiger charge is -2.12. The van der Waals surface area contributed by atoms with E-state index in [1.165, 1.54) is 0 Å².